The summed E-state index contributed by atoms with van der Waals surface area (Å²) in [6.45, 7) is 10.4. The molecule has 2 heteroatoms. The SMILES string of the molecule is C=C(CC)CC(NN)c1ccc(C)cc1C. The van der Waals surface area contributed by atoms with Crippen molar-refractivity contribution >= 4 is 0 Å². The quantitative estimate of drug-likeness (QED) is 0.452. The molecule has 0 saturated carbocycles. The van der Waals surface area contributed by atoms with Gasteiger partial charge in [0.05, 0.1) is 0 Å². The fourth-order valence-corrected chi connectivity index (χ4v) is 1.91. The highest BCUT2D eigenvalue weighted by Crippen LogP contribution is 2.24. The highest BCUT2D eigenvalue weighted by molar-refractivity contribution is 5.33. The summed E-state index contributed by atoms with van der Waals surface area (Å²) in [4.78, 5) is 0. The molecule has 3 N–H and O–H groups in total. The van der Waals surface area contributed by atoms with Crippen LogP contribution in [0.1, 0.15) is 42.5 Å². The summed E-state index contributed by atoms with van der Waals surface area (Å²) >= 11 is 0. The van der Waals surface area contributed by atoms with Gasteiger partial charge in [-0.2, -0.15) is 0 Å². The molecule has 1 aromatic carbocycles. The van der Waals surface area contributed by atoms with E-state index in [1.165, 1.54) is 22.3 Å². The second-order valence-corrected chi connectivity index (χ2v) is 4.39. The molecule has 0 aliphatic carbocycles. The Balaban J connectivity index is 2.90. The van der Waals surface area contributed by atoms with Crippen molar-refractivity contribution < 1.29 is 0 Å². The van der Waals surface area contributed by atoms with Crippen molar-refractivity contribution in [1.29, 1.82) is 0 Å². The van der Waals surface area contributed by atoms with Gasteiger partial charge < -0.3 is 0 Å². The van der Waals surface area contributed by atoms with Gasteiger partial charge in [-0.25, -0.2) is 0 Å². The van der Waals surface area contributed by atoms with E-state index in [9.17, 15) is 0 Å². The molecule has 0 radical (unpaired) electrons. The molecule has 0 aliphatic rings. The minimum absolute atomic E-state index is 0.174. The molecule has 0 bridgehead atoms. The van der Waals surface area contributed by atoms with Crippen LogP contribution in [-0.4, -0.2) is 0 Å². The molecule has 1 rings (SSSR count). The molecule has 2 nitrogen and oxygen atoms in total. The third-order valence-corrected chi connectivity index (χ3v) is 2.99. The van der Waals surface area contributed by atoms with Gasteiger partial charge in [0, 0.05) is 6.04 Å². The summed E-state index contributed by atoms with van der Waals surface area (Å²) in [6.07, 6.45) is 1.90. The molecular formula is C14H22N2. The molecular weight excluding hydrogens is 196 g/mol. The zero-order chi connectivity index (χ0) is 12.1. The second-order valence-electron chi connectivity index (χ2n) is 4.39. The first-order valence-electron chi connectivity index (χ1n) is 5.78. The van der Waals surface area contributed by atoms with E-state index in [0.717, 1.165) is 12.8 Å². The first-order chi connectivity index (χ1) is 7.58. The van der Waals surface area contributed by atoms with Gasteiger partial charge in [-0.15, -0.1) is 0 Å². The number of hydrogen-bond donors (Lipinski definition) is 2. The Morgan fingerprint density at radius 2 is 2.12 bits per heavy atom. The Kier molecular flexibility index (Phi) is 4.71. The van der Waals surface area contributed by atoms with Gasteiger partial charge in [0.15, 0.2) is 0 Å². The molecule has 1 atom stereocenters. The predicted molar refractivity (Wildman–Crippen MR) is 70.0 cm³/mol. The molecule has 16 heavy (non-hydrogen) atoms. The molecule has 0 amide bonds. The van der Waals surface area contributed by atoms with Gasteiger partial charge in [0.1, 0.15) is 0 Å². The minimum Gasteiger partial charge on any atom is -0.271 e. The average molecular weight is 218 g/mol. The van der Waals surface area contributed by atoms with Gasteiger partial charge in [-0.1, -0.05) is 42.8 Å². The highest BCUT2D eigenvalue weighted by atomic mass is 15.2. The van der Waals surface area contributed by atoms with Crippen molar-refractivity contribution in [3.8, 4) is 0 Å². The standard InChI is InChI=1S/C14H22N2/c1-5-10(2)9-14(16-15)13-7-6-11(3)8-12(13)4/h6-8,14,16H,2,5,9,15H2,1,3-4H3. The molecule has 1 unspecified atom stereocenters. The number of benzene rings is 1. The Morgan fingerprint density at radius 1 is 1.44 bits per heavy atom. The second kappa shape index (κ2) is 5.83. The minimum atomic E-state index is 0.174. The van der Waals surface area contributed by atoms with E-state index in [1.807, 2.05) is 0 Å². The Hall–Kier alpha value is -1.12. The van der Waals surface area contributed by atoms with Crippen LogP contribution in [0.3, 0.4) is 0 Å². The first-order valence-corrected chi connectivity index (χ1v) is 5.78. The van der Waals surface area contributed by atoms with Gasteiger partial charge in [-0.05, 0) is 37.8 Å². The Labute approximate surface area is 98.5 Å². The number of hydrogen-bond acceptors (Lipinski definition) is 2. The van der Waals surface area contributed by atoms with E-state index in [2.05, 4.69) is 51.0 Å². The highest BCUT2D eigenvalue weighted by Gasteiger charge is 2.12. The molecule has 0 heterocycles. The van der Waals surface area contributed by atoms with Crippen LogP contribution >= 0.6 is 0 Å². The smallest absolute Gasteiger partial charge is 0.0499 e. The zero-order valence-electron chi connectivity index (χ0n) is 10.5. The molecule has 1 aromatic rings. The topological polar surface area (TPSA) is 38.0 Å². The van der Waals surface area contributed by atoms with Crippen molar-refractivity contribution in [2.45, 2.75) is 39.7 Å². The molecule has 88 valence electrons. The van der Waals surface area contributed by atoms with Crippen molar-refractivity contribution in [2.75, 3.05) is 0 Å². The monoisotopic (exact) mass is 218 g/mol. The van der Waals surface area contributed by atoms with E-state index in [-0.39, 0.29) is 6.04 Å². The molecule has 0 aliphatic heterocycles. The lowest BCUT2D eigenvalue weighted by Gasteiger charge is -2.19. The fraction of sp³-hybridized carbons (Fsp3) is 0.429. The van der Waals surface area contributed by atoms with Crippen LogP contribution in [0.15, 0.2) is 30.4 Å². The maximum atomic E-state index is 5.62. The van der Waals surface area contributed by atoms with Crippen molar-refractivity contribution in [1.82, 2.24) is 5.43 Å². The summed E-state index contributed by atoms with van der Waals surface area (Å²) in [5.41, 5.74) is 7.94. The van der Waals surface area contributed by atoms with E-state index in [1.54, 1.807) is 0 Å². The number of hydrazine groups is 1. The van der Waals surface area contributed by atoms with Crippen LogP contribution in [0.2, 0.25) is 0 Å². The average Bonchev–Trinajstić information content (AvgIpc) is 2.26. The lowest BCUT2D eigenvalue weighted by molar-refractivity contribution is 0.542. The lowest BCUT2D eigenvalue weighted by atomic mass is 9.94. The largest absolute Gasteiger partial charge is 0.271 e. The first kappa shape index (κ1) is 12.9. The molecule has 0 fully saturated rings. The number of aryl methyl sites for hydroxylation is 2. The number of nitrogens with one attached hydrogen (secondary N) is 1. The lowest BCUT2D eigenvalue weighted by Crippen LogP contribution is -2.28. The van der Waals surface area contributed by atoms with Crippen LogP contribution in [0.5, 0.6) is 0 Å². The van der Waals surface area contributed by atoms with Crippen molar-refractivity contribution in [3.05, 3.63) is 47.0 Å². The maximum Gasteiger partial charge on any atom is 0.0499 e. The van der Waals surface area contributed by atoms with E-state index < -0.39 is 0 Å². The van der Waals surface area contributed by atoms with E-state index >= 15 is 0 Å². The van der Waals surface area contributed by atoms with E-state index in [0.29, 0.717) is 0 Å². The number of nitrogens with two attached hydrogens (primary N) is 1. The van der Waals surface area contributed by atoms with Crippen molar-refractivity contribution in [2.24, 2.45) is 5.84 Å². The van der Waals surface area contributed by atoms with Gasteiger partial charge in [0.2, 0.25) is 0 Å². The zero-order valence-corrected chi connectivity index (χ0v) is 10.5. The predicted octanol–water partition coefficient (Wildman–Crippen LogP) is 3.16. The Morgan fingerprint density at radius 3 is 2.62 bits per heavy atom. The van der Waals surface area contributed by atoms with Crippen molar-refractivity contribution in [3.63, 3.8) is 0 Å². The summed E-state index contributed by atoms with van der Waals surface area (Å²) in [6, 6.07) is 6.64. The third-order valence-electron chi connectivity index (χ3n) is 2.99. The molecule has 0 spiro atoms. The van der Waals surface area contributed by atoms with Crippen LogP contribution < -0.4 is 11.3 Å². The normalized spacial score (nSPS) is 12.5. The summed E-state index contributed by atoms with van der Waals surface area (Å²) < 4.78 is 0. The van der Waals surface area contributed by atoms with Crippen LogP contribution in [0.4, 0.5) is 0 Å². The van der Waals surface area contributed by atoms with Gasteiger partial charge in [0.25, 0.3) is 0 Å². The third kappa shape index (κ3) is 3.19. The Bertz CT molecular complexity index is 369. The van der Waals surface area contributed by atoms with Crippen LogP contribution in [0, 0.1) is 13.8 Å². The summed E-state index contributed by atoms with van der Waals surface area (Å²) in [7, 11) is 0. The van der Waals surface area contributed by atoms with Gasteiger partial charge >= 0.3 is 0 Å². The molecule has 0 saturated heterocycles. The number of rotatable bonds is 5. The molecule has 0 aromatic heterocycles. The fourth-order valence-electron chi connectivity index (χ4n) is 1.91. The van der Waals surface area contributed by atoms with Crippen LogP contribution in [-0.2, 0) is 0 Å². The maximum absolute atomic E-state index is 5.62. The summed E-state index contributed by atoms with van der Waals surface area (Å²) in [5.74, 6) is 5.62. The summed E-state index contributed by atoms with van der Waals surface area (Å²) in [5, 5.41) is 0. The van der Waals surface area contributed by atoms with E-state index in [4.69, 9.17) is 5.84 Å². The van der Waals surface area contributed by atoms with Crippen LogP contribution in [0.25, 0.3) is 0 Å². The van der Waals surface area contributed by atoms with Gasteiger partial charge in [-0.3, -0.25) is 11.3 Å².